The van der Waals surface area contributed by atoms with Crippen LogP contribution in [0.25, 0.3) is 0 Å². The van der Waals surface area contributed by atoms with E-state index in [1.807, 2.05) is 57.2 Å². The zero-order valence-electron chi connectivity index (χ0n) is 13.7. The number of urea groups is 1. The molecule has 0 fully saturated rings. The molecule has 122 valence electrons. The lowest BCUT2D eigenvalue weighted by atomic mass is 10.1. The molecule has 0 spiro atoms. The lowest BCUT2D eigenvalue weighted by Gasteiger charge is -2.14. The monoisotopic (exact) mass is 314 g/mol. The third kappa shape index (κ3) is 4.64. The van der Waals surface area contributed by atoms with E-state index in [1.165, 1.54) is 0 Å². The Morgan fingerprint density at radius 3 is 2.52 bits per heavy atom. The average Bonchev–Trinajstić information content (AvgIpc) is 2.53. The zero-order chi connectivity index (χ0) is 16.7. The van der Waals surface area contributed by atoms with Crippen LogP contribution in [0, 0.1) is 13.8 Å². The Balaban J connectivity index is 1.87. The maximum Gasteiger partial charge on any atom is 0.321 e. The number of nitrogens with one attached hydrogen (secondary N) is 2. The van der Waals surface area contributed by atoms with E-state index >= 15 is 0 Å². The minimum atomic E-state index is -0.345. The smallest absolute Gasteiger partial charge is 0.321 e. The average molecular weight is 314 g/mol. The molecule has 0 radical (unpaired) electrons. The second kappa shape index (κ2) is 8.08. The van der Waals surface area contributed by atoms with Crippen molar-refractivity contribution in [3.8, 4) is 11.5 Å². The summed E-state index contributed by atoms with van der Waals surface area (Å²) in [7, 11) is 0. The third-order valence-electron chi connectivity index (χ3n) is 3.45. The van der Waals surface area contributed by atoms with Crippen molar-refractivity contribution in [1.29, 1.82) is 0 Å². The first-order chi connectivity index (χ1) is 11.1. The molecular formula is C18H22N2O3. The van der Waals surface area contributed by atoms with Crippen molar-refractivity contribution >= 4 is 11.7 Å². The van der Waals surface area contributed by atoms with Crippen molar-refractivity contribution in [1.82, 2.24) is 5.32 Å². The number of para-hydroxylation sites is 2. The Kier molecular flexibility index (Phi) is 5.86. The summed E-state index contributed by atoms with van der Waals surface area (Å²) >= 11 is 0. The van der Waals surface area contributed by atoms with E-state index in [0.29, 0.717) is 18.0 Å². The molecule has 0 aliphatic carbocycles. The predicted octanol–water partition coefficient (Wildman–Crippen LogP) is 3.86. The topological polar surface area (TPSA) is 59.6 Å². The molecule has 23 heavy (non-hydrogen) atoms. The fraction of sp³-hybridized carbons (Fsp3) is 0.278. The largest absolute Gasteiger partial charge is 0.492 e. The molecule has 2 amide bonds. The standard InChI is InChI=1S/C18H22N2O3/c1-4-22-17-10-6-5-9-15(17)20-18(21)19-12-23-16-11-7-8-13(2)14(16)3/h5-11H,4,12H2,1-3H3,(H2,19,20,21). The number of benzene rings is 2. The number of ether oxygens (including phenoxy) is 2. The Morgan fingerprint density at radius 2 is 1.74 bits per heavy atom. The highest BCUT2D eigenvalue weighted by atomic mass is 16.5. The van der Waals surface area contributed by atoms with Crippen molar-refractivity contribution in [3.05, 3.63) is 53.6 Å². The van der Waals surface area contributed by atoms with Gasteiger partial charge < -0.3 is 20.1 Å². The Labute approximate surface area is 136 Å². The van der Waals surface area contributed by atoms with Crippen molar-refractivity contribution in [2.24, 2.45) is 0 Å². The van der Waals surface area contributed by atoms with E-state index in [1.54, 1.807) is 6.07 Å². The van der Waals surface area contributed by atoms with Crippen molar-refractivity contribution < 1.29 is 14.3 Å². The summed E-state index contributed by atoms with van der Waals surface area (Å²) in [5.74, 6) is 1.40. The molecule has 0 atom stereocenters. The normalized spacial score (nSPS) is 10.0. The molecule has 0 aromatic heterocycles. The minimum absolute atomic E-state index is 0.0902. The van der Waals surface area contributed by atoms with E-state index < -0.39 is 0 Å². The Morgan fingerprint density at radius 1 is 1.00 bits per heavy atom. The molecule has 0 unspecified atom stereocenters. The molecule has 0 saturated heterocycles. The number of carbonyl (C=O) groups is 1. The molecule has 2 rings (SSSR count). The number of hydrogen-bond acceptors (Lipinski definition) is 3. The van der Waals surface area contributed by atoms with Crippen LogP contribution in [0.3, 0.4) is 0 Å². The summed E-state index contributed by atoms with van der Waals surface area (Å²) in [6, 6.07) is 12.8. The first-order valence-electron chi connectivity index (χ1n) is 7.57. The highest BCUT2D eigenvalue weighted by Gasteiger charge is 2.07. The molecule has 0 heterocycles. The summed E-state index contributed by atoms with van der Waals surface area (Å²) < 4.78 is 11.1. The van der Waals surface area contributed by atoms with Gasteiger partial charge in [0, 0.05) is 0 Å². The predicted molar refractivity (Wildman–Crippen MR) is 91.2 cm³/mol. The molecule has 2 aromatic carbocycles. The van der Waals surface area contributed by atoms with Gasteiger partial charge in [-0.25, -0.2) is 4.79 Å². The quantitative estimate of drug-likeness (QED) is 0.796. The molecule has 0 aliphatic heterocycles. The second-order valence-electron chi connectivity index (χ2n) is 5.05. The number of carbonyl (C=O) groups excluding carboxylic acids is 1. The molecular weight excluding hydrogens is 292 g/mol. The van der Waals surface area contributed by atoms with E-state index in [4.69, 9.17) is 9.47 Å². The fourth-order valence-electron chi connectivity index (χ4n) is 2.08. The molecule has 0 aliphatic rings. The van der Waals surface area contributed by atoms with Crippen LogP contribution in [0.1, 0.15) is 18.1 Å². The Hall–Kier alpha value is -2.69. The number of rotatable bonds is 6. The van der Waals surface area contributed by atoms with Crippen molar-refractivity contribution in [2.45, 2.75) is 20.8 Å². The van der Waals surface area contributed by atoms with Crippen LogP contribution in [0.4, 0.5) is 10.5 Å². The van der Waals surface area contributed by atoms with Crippen LogP contribution in [-0.4, -0.2) is 19.4 Å². The van der Waals surface area contributed by atoms with E-state index in [2.05, 4.69) is 10.6 Å². The first-order valence-corrected chi connectivity index (χ1v) is 7.57. The molecule has 5 nitrogen and oxygen atoms in total. The summed E-state index contributed by atoms with van der Waals surface area (Å²) in [6.45, 7) is 6.54. The van der Waals surface area contributed by atoms with Gasteiger partial charge in [-0.15, -0.1) is 0 Å². The van der Waals surface area contributed by atoms with Gasteiger partial charge in [0.25, 0.3) is 0 Å². The maximum absolute atomic E-state index is 12.0. The summed E-state index contributed by atoms with van der Waals surface area (Å²) in [5, 5.41) is 5.42. The summed E-state index contributed by atoms with van der Waals surface area (Å²) in [6.07, 6.45) is 0. The van der Waals surface area contributed by atoms with Gasteiger partial charge in [0.15, 0.2) is 6.73 Å². The molecule has 0 saturated carbocycles. The van der Waals surface area contributed by atoms with Crippen molar-refractivity contribution in [2.75, 3.05) is 18.7 Å². The number of amides is 2. The maximum atomic E-state index is 12.0. The lowest BCUT2D eigenvalue weighted by molar-refractivity contribution is 0.234. The SMILES string of the molecule is CCOc1ccccc1NC(=O)NCOc1cccc(C)c1C. The van der Waals surface area contributed by atoms with Crippen LogP contribution in [0.2, 0.25) is 0 Å². The van der Waals surface area contributed by atoms with Crippen LogP contribution >= 0.6 is 0 Å². The van der Waals surface area contributed by atoms with Gasteiger partial charge >= 0.3 is 6.03 Å². The van der Waals surface area contributed by atoms with Gasteiger partial charge in [-0.2, -0.15) is 0 Å². The zero-order valence-corrected chi connectivity index (χ0v) is 13.7. The van der Waals surface area contributed by atoms with Gasteiger partial charge in [-0.1, -0.05) is 24.3 Å². The molecule has 2 aromatic rings. The highest BCUT2D eigenvalue weighted by molar-refractivity contribution is 5.90. The van der Waals surface area contributed by atoms with E-state index in [9.17, 15) is 4.79 Å². The summed E-state index contributed by atoms with van der Waals surface area (Å²) in [4.78, 5) is 12.0. The van der Waals surface area contributed by atoms with E-state index in [0.717, 1.165) is 16.9 Å². The number of aryl methyl sites for hydroxylation is 1. The third-order valence-corrected chi connectivity index (χ3v) is 3.45. The van der Waals surface area contributed by atoms with Gasteiger partial charge in [0.05, 0.1) is 12.3 Å². The molecule has 2 N–H and O–H groups in total. The van der Waals surface area contributed by atoms with Gasteiger partial charge in [-0.3, -0.25) is 0 Å². The van der Waals surface area contributed by atoms with Crippen LogP contribution in [0.5, 0.6) is 11.5 Å². The molecule has 0 bridgehead atoms. The van der Waals surface area contributed by atoms with Gasteiger partial charge in [0.1, 0.15) is 11.5 Å². The molecule has 5 heteroatoms. The number of anilines is 1. The van der Waals surface area contributed by atoms with Crippen molar-refractivity contribution in [3.63, 3.8) is 0 Å². The van der Waals surface area contributed by atoms with Crippen LogP contribution in [-0.2, 0) is 0 Å². The lowest BCUT2D eigenvalue weighted by Crippen LogP contribution is -2.32. The number of hydrogen-bond donors (Lipinski definition) is 2. The highest BCUT2D eigenvalue weighted by Crippen LogP contribution is 2.23. The minimum Gasteiger partial charge on any atom is -0.492 e. The summed E-state index contributed by atoms with van der Waals surface area (Å²) in [5.41, 5.74) is 2.84. The van der Waals surface area contributed by atoms with Gasteiger partial charge in [0.2, 0.25) is 0 Å². The Bertz CT molecular complexity index is 671. The second-order valence-corrected chi connectivity index (χ2v) is 5.05. The van der Waals surface area contributed by atoms with E-state index in [-0.39, 0.29) is 12.8 Å². The van der Waals surface area contributed by atoms with Gasteiger partial charge in [-0.05, 0) is 50.1 Å². The first kappa shape index (κ1) is 16.7. The van der Waals surface area contributed by atoms with Crippen LogP contribution in [0.15, 0.2) is 42.5 Å². The fourth-order valence-corrected chi connectivity index (χ4v) is 2.08. The van der Waals surface area contributed by atoms with Crippen LogP contribution < -0.4 is 20.1 Å².